The van der Waals surface area contributed by atoms with Gasteiger partial charge < -0.3 is 4.90 Å². The van der Waals surface area contributed by atoms with Crippen LogP contribution in [0.5, 0.6) is 0 Å². The number of fused-ring (bicyclic) bond motifs is 1. The van der Waals surface area contributed by atoms with Crippen LogP contribution in [0.1, 0.15) is 10.4 Å². The van der Waals surface area contributed by atoms with E-state index >= 15 is 0 Å². The van der Waals surface area contributed by atoms with E-state index < -0.39 is 0 Å². The summed E-state index contributed by atoms with van der Waals surface area (Å²) < 4.78 is 0. The maximum Gasteiger partial charge on any atom is 0.169 e. The number of nitrogens with zero attached hydrogens (tertiary/aromatic N) is 1. The summed E-state index contributed by atoms with van der Waals surface area (Å²) in [4.78, 5) is 15.3. The fourth-order valence-electron chi connectivity index (χ4n) is 1.90. The van der Waals surface area contributed by atoms with Crippen molar-refractivity contribution < 1.29 is 4.79 Å². The molecule has 1 aromatic carbocycles. The van der Waals surface area contributed by atoms with E-state index in [1.807, 2.05) is 19.0 Å². The summed E-state index contributed by atoms with van der Waals surface area (Å²) in [5.74, 6) is 1.02. The Morgan fingerprint density at radius 2 is 2.00 bits per heavy atom. The molecule has 0 saturated heterocycles. The van der Waals surface area contributed by atoms with Gasteiger partial charge in [0.05, 0.1) is 10.0 Å². The van der Waals surface area contributed by atoms with E-state index in [1.54, 1.807) is 23.9 Å². The fourth-order valence-corrected chi connectivity index (χ4v) is 3.45. The fraction of sp³-hybridized carbons (Fsp3) is 0.417. The number of hydrogen-bond donors (Lipinski definition) is 0. The molecule has 0 bridgehead atoms. The normalized spacial score (nSPS) is 19.6. The van der Waals surface area contributed by atoms with Gasteiger partial charge in [-0.25, -0.2) is 0 Å². The van der Waals surface area contributed by atoms with Crippen molar-refractivity contribution in [2.24, 2.45) is 5.92 Å². The zero-order chi connectivity index (χ0) is 12.6. The maximum atomic E-state index is 12.3. The minimum Gasteiger partial charge on any atom is -0.309 e. The molecule has 2 nitrogen and oxygen atoms in total. The average Bonchev–Trinajstić information content (AvgIpc) is 2.25. The summed E-state index contributed by atoms with van der Waals surface area (Å²) in [5.41, 5.74) is 0.711. The van der Waals surface area contributed by atoms with E-state index in [0.29, 0.717) is 15.6 Å². The van der Waals surface area contributed by atoms with Crippen molar-refractivity contribution in [3.05, 3.63) is 27.7 Å². The second kappa shape index (κ2) is 5.19. The van der Waals surface area contributed by atoms with Gasteiger partial charge in [0, 0.05) is 28.7 Å². The lowest BCUT2D eigenvalue weighted by molar-refractivity contribution is 0.0907. The van der Waals surface area contributed by atoms with Crippen LogP contribution in [-0.2, 0) is 0 Å². The average molecular weight is 290 g/mol. The molecule has 0 aliphatic carbocycles. The molecule has 17 heavy (non-hydrogen) atoms. The zero-order valence-electron chi connectivity index (χ0n) is 9.67. The highest BCUT2D eigenvalue weighted by atomic mass is 35.5. The Kier molecular flexibility index (Phi) is 4.03. The summed E-state index contributed by atoms with van der Waals surface area (Å²) in [6, 6.07) is 3.48. The van der Waals surface area contributed by atoms with Crippen LogP contribution in [0.2, 0.25) is 10.0 Å². The highest BCUT2D eigenvalue weighted by Gasteiger charge is 2.29. The van der Waals surface area contributed by atoms with E-state index in [9.17, 15) is 4.79 Å². The first-order valence-electron chi connectivity index (χ1n) is 5.30. The lowest BCUT2D eigenvalue weighted by Crippen LogP contribution is -2.32. The van der Waals surface area contributed by atoms with Gasteiger partial charge in [-0.05, 0) is 26.2 Å². The summed E-state index contributed by atoms with van der Waals surface area (Å²) in [5, 5.41) is 0.960. The first kappa shape index (κ1) is 13.2. The first-order chi connectivity index (χ1) is 7.99. The van der Waals surface area contributed by atoms with Crippen LogP contribution >= 0.6 is 35.0 Å². The van der Waals surface area contributed by atoms with Crippen molar-refractivity contribution in [1.29, 1.82) is 0 Å². The molecule has 1 unspecified atom stereocenters. The van der Waals surface area contributed by atoms with Gasteiger partial charge in [-0.1, -0.05) is 23.2 Å². The van der Waals surface area contributed by atoms with E-state index in [-0.39, 0.29) is 11.7 Å². The predicted molar refractivity (Wildman–Crippen MR) is 73.6 cm³/mol. The molecule has 1 atom stereocenters. The lowest BCUT2D eigenvalue weighted by Gasteiger charge is -2.25. The van der Waals surface area contributed by atoms with E-state index in [4.69, 9.17) is 23.2 Å². The van der Waals surface area contributed by atoms with E-state index in [2.05, 4.69) is 0 Å². The zero-order valence-corrected chi connectivity index (χ0v) is 12.0. The van der Waals surface area contributed by atoms with Gasteiger partial charge in [0.25, 0.3) is 0 Å². The van der Waals surface area contributed by atoms with Gasteiger partial charge in [0.1, 0.15) is 0 Å². The first-order valence-corrected chi connectivity index (χ1v) is 7.04. The number of benzene rings is 1. The van der Waals surface area contributed by atoms with Crippen molar-refractivity contribution >= 4 is 40.7 Å². The Morgan fingerprint density at radius 3 is 2.65 bits per heavy atom. The second-order valence-corrected chi connectivity index (χ2v) is 6.27. The van der Waals surface area contributed by atoms with Gasteiger partial charge in [0.2, 0.25) is 0 Å². The Hall–Kier alpha value is -0.220. The highest BCUT2D eigenvalue weighted by Crippen LogP contribution is 2.37. The Balaban J connectivity index is 2.32. The van der Waals surface area contributed by atoms with Gasteiger partial charge in [-0.3, -0.25) is 4.79 Å². The molecule has 1 aliphatic heterocycles. The maximum absolute atomic E-state index is 12.3. The molecule has 5 heteroatoms. The van der Waals surface area contributed by atoms with Crippen molar-refractivity contribution in [1.82, 2.24) is 4.90 Å². The predicted octanol–water partition coefficient (Wildman–Crippen LogP) is 3.46. The van der Waals surface area contributed by atoms with Crippen LogP contribution in [0.25, 0.3) is 0 Å². The molecule has 92 valence electrons. The molecule has 1 aromatic rings. The molecule has 0 radical (unpaired) electrons. The molecular formula is C12H13Cl2NOS. The van der Waals surface area contributed by atoms with Crippen molar-refractivity contribution in [2.45, 2.75) is 4.90 Å². The molecule has 2 rings (SSSR count). The second-order valence-electron chi connectivity index (χ2n) is 4.40. The number of thioether (sulfide) groups is 1. The lowest BCUT2D eigenvalue weighted by atomic mass is 9.98. The third-order valence-electron chi connectivity index (χ3n) is 2.68. The van der Waals surface area contributed by atoms with Gasteiger partial charge in [-0.15, -0.1) is 11.8 Å². The number of carbonyl (C=O) groups excluding carboxylic acids is 1. The van der Waals surface area contributed by atoms with Crippen LogP contribution in [0, 0.1) is 5.92 Å². The van der Waals surface area contributed by atoms with Crippen molar-refractivity contribution in [3.63, 3.8) is 0 Å². The molecule has 1 aliphatic rings. The van der Waals surface area contributed by atoms with E-state index in [1.165, 1.54) is 0 Å². The Morgan fingerprint density at radius 1 is 1.35 bits per heavy atom. The molecule has 0 N–H and O–H groups in total. The summed E-state index contributed by atoms with van der Waals surface area (Å²) in [6.45, 7) is 0.769. The number of carbonyl (C=O) groups is 1. The SMILES string of the molecule is CN(C)CC1CSc2cc(Cl)c(Cl)cc2C1=O. The minimum absolute atomic E-state index is 0.0414. The number of rotatable bonds is 2. The van der Waals surface area contributed by atoms with Crippen LogP contribution in [0.3, 0.4) is 0 Å². The third kappa shape index (κ3) is 2.79. The number of halogens is 2. The smallest absolute Gasteiger partial charge is 0.169 e. The van der Waals surface area contributed by atoms with Crippen LogP contribution in [0.4, 0.5) is 0 Å². The van der Waals surface area contributed by atoms with Crippen molar-refractivity contribution in [2.75, 3.05) is 26.4 Å². The third-order valence-corrected chi connectivity index (χ3v) is 4.62. The Labute approximate surface area is 115 Å². The number of ketones is 1. The Bertz CT molecular complexity index is 462. The van der Waals surface area contributed by atoms with E-state index in [0.717, 1.165) is 17.2 Å². The topological polar surface area (TPSA) is 20.3 Å². The summed E-state index contributed by atoms with van der Waals surface area (Å²) in [6.07, 6.45) is 0. The van der Waals surface area contributed by atoms with Crippen molar-refractivity contribution in [3.8, 4) is 0 Å². The monoisotopic (exact) mass is 289 g/mol. The molecule has 0 amide bonds. The molecule has 0 fully saturated rings. The van der Waals surface area contributed by atoms with Crippen LogP contribution < -0.4 is 0 Å². The minimum atomic E-state index is 0.0414. The van der Waals surface area contributed by atoms with Crippen LogP contribution in [-0.4, -0.2) is 37.1 Å². The number of Topliss-reactive ketones (excluding diaryl/α,β-unsaturated/α-hetero) is 1. The molecule has 0 aromatic heterocycles. The van der Waals surface area contributed by atoms with Gasteiger partial charge in [-0.2, -0.15) is 0 Å². The number of hydrogen-bond acceptors (Lipinski definition) is 3. The standard InChI is InChI=1S/C12H13Cl2NOS/c1-15(2)5-7-6-17-11-4-10(14)9(13)3-8(11)12(7)16/h3-4,7H,5-6H2,1-2H3. The molecular weight excluding hydrogens is 277 g/mol. The summed E-state index contributed by atoms with van der Waals surface area (Å²) in [7, 11) is 3.95. The van der Waals surface area contributed by atoms with Crippen LogP contribution in [0.15, 0.2) is 17.0 Å². The quantitative estimate of drug-likeness (QED) is 0.832. The van der Waals surface area contributed by atoms with Gasteiger partial charge in [0.15, 0.2) is 5.78 Å². The molecule has 0 spiro atoms. The molecule has 0 saturated carbocycles. The summed E-state index contributed by atoms with van der Waals surface area (Å²) >= 11 is 13.6. The highest BCUT2D eigenvalue weighted by molar-refractivity contribution is 7.99. The van der Waals surface area contributed by atoms with Gasteiger partial charge >= 0.3 is 0 Å². The molecule has 1 heterocycles. The largest absolute Gasteiger partial charge is 0.309 e.